The van der Waals surface area contributed by atoms with E-state index in [4.69, 9.17) is 0 Å². The van der Waals surface area contributed by atoms with Gasteiger partial charge in [-0.2, -0.15) is 11.3 Å². The second-order valence-electron chi connectivity index (χ2n) is 4.58. The van der Waals surface area contributed by atoms with E-state index in [1.54, 1.807) is 11.3 Å². The predicted octanol–water partition coefficient (Wildman–Crippen LogP) is 3.40. The van der Waals surface area contributed by atoms with Crippen LogP contribution in [-0.2, 0) is 6.42 Å². The Labute approximate surface area is 105 Å². The molecule has 1 aliphatic rings. The lowest BCUT2D eigenvalue weighted by molar-refractivity contribution is 0.215. The summed E-state index contributed by atoms with van der Waals surface area (Å²) in [5.74, 6) is 0.932. The van der Waals surface area contributed by atoms with Gasteiger partial charge in [0.15, 0.2) is 0 Å². The third kappa shape index (κ3) is 3.58. The van der Waals surface area contributed by atoms with Crippen LogP contribution in [0.4, 0.5) is 0 Å². The van der Waals surface area contributed by atoms with Gasteiger partial charge in [0, 0.05) is 17.9 Å². The molecule has 0 bridgehead atoms. The van der Waals surface area contributed by atoms with Gasteiger partial charge in [-0.3, -0.25) is 0 Å². The largest absolute Gasteiger partial charge is 0.306 e. The minimum atomic E-state index is 0.799. The highest BCUT2D eigenvalue weighted by molar-refractivity contribution is 9.09. The van der Waals surface area contributed by atoms with Crippen LogP contribution in [0.2, 0.25) is 0 Å². The maximum Gasteiger partial charge on any atom is 0.0152 e. The zero-order valence-electron chi connectivity index (χ0n) is 9.16. The Morgan fingerprint density at radius 1 is 1.53 bits per heavy atom. The van der Waals surface area contributed by atoms with Crippen molar-refractivity contribution in [1.82, 2.24) is 4.90 Å². The van der Waals surface area contributed by atoms with Gasteiger partial charge in [-0.05, 0) is 54.6 Å². The molecule has 0 amide bonds. The number of rotatable bonds is 5. The summed E-state index contributed by atoms with van der Waals surface area (Å²) < 4.78 is 0. The molecule has 1 aromatic heterocycles. The molecule has 2 rings (SSSR count). The molecule has 0 aromatic carbocycles. The Balaban J connectivity index is 1.62. The summed E-state index contributed by atoms with van der Waals surface area (Å²) >= 11 is 5.44. The van der Waals surface area contributed by atoms with Crippen molar-refractivity contribution in [3.8, 4) is 0 Å². The first kappa shape index (κ1) is 11.6. The second-order valence-corrected chi connectivity index (χ2v) is 6.65. The fourth-order valence-corrected chi connectivity index (χ4v) is 3.85. The van der Waals surface area contributed by atoms with Crippen molar-refractivity contribution in [2.45, 2.75) is 24.1 Å². The molecule has 1 aliphatic carbocycles. The van der Waals surface area contributed by atoms with Gasteiger partial charge in [-0.1, -0.05) is 15.9 Å². The zero-order valence-corrected chi connectivity index (χ0v) is 11.6. The maximum absolute atomic E-state index is 3.64. The van der Waals surface area contributed by atoms with Crippen molar-refractivity contribution >= 4 is 27.3 Å². The summed E-state index contributed by atoms with van der Waals surface area (Å²) in [4.78, 5) is 3.27. The summed E-state index contributed by atoms with van der Waals surface area (Å²) in [6, 6.07) is 2.23. The van der Waals surface area contributed by atoms with Gasteiger partial charge in [-0.15, -0.1) is 0 Å². The van der Waals surface area contributed by atoms with E-state index in [0.29, 0.717) is 0 Å². The summed E-state index contributed by atoms with van der Waals surface area (Å²) in [6.45, 7) is 2.46. The quantitative estimate of drug-likeness (QED) is 0.751. The van der Waals surface area contributed by atoms with Gasteiger partial charge in [0.25, 0.3) is 0 Å². The Morgan fingerprint density at radius 3 is 2.93 bits per heavy atom. The van der Waals surface area contributed by atoms with Crippen LogP contribution in [-0.4, -0.2) is 29.9 Å². The van der Waals surface area contributed by atoms with Crippen LogP contribution in [0.5, 0.6) is 0 Å². The standard InChI is InChI=1S/C12H18BrNS/c1-14(8-11-6-12(13)7-11)4-2-10-3-5-15-9-10/h3,5,9,11-12H,2,4,6-8H2,1H3. The van der Waals surface area contributed by atoms with E-state index >= 15 is 0 Å². The Hall–Kier alpha value is 0.140. The molecule has 1 nitrogen and oxygen atoms in total. The molecule has 0 unspecified atom stereocenters. The third-order valence-electron chi connectivity index (χ3n) is 3.11. The third-order valence-corrected chi connectivity index (χ3v) is 4.59. The van der Waals surface area contributed by atoms with Crippen LogP contribution >= 0.6 is 27.3 Å². The molecule has 0 N–H and O–H groups in total. The predicted molar refractivity (Wildman–Crippen MR) is 71.0 cm³/mol. The van der Waals surface area contributed by atoms with Crippen LogP contribution in [0.15, 0.2) is 16.8 Å². The Morgan fingerprint density at radius 2 is 2.33 bits per heavy atom. The van der Waals surface area contributed by atoms with Crippen molar-refractivity contribution in [3.05, 3.63) is 22.4 Å². The van der Waals surface area contributed by atoms with Gasteiger partial charge >= 0.3 is 0 Å². The fourth-order valence-electron chi connectivity index (χ4n) is 2.09. The first-order valence-corrected chi connectivity index (χ1v) is 7.43. The van der Waals surface area contributed by atoms with Crippen molar-refractivity contribution < 1.29 is 0 Å². The van der Waals surface area contributed by atoms with Crippen LogP contribution in [0.1, 0.15) is 18.4 Å². The topological polar surface area (TPSA) is 3.24 Å². The van der Waals surface area contributed by atoms with Gasteiger partial charge in [-0.25, -0.2) is 0 Å². The number of alkyl halides is 1. The number of likely N-dealkylation sites (N-methyl/N-ethyl adjacent to an activating group) is 1. The highest BCUT2D eigenvalue weighted by Crippen LogP contribution is 2.33. The van der Waals surface area contributed by atoms with E-state index in [2.05, 4.69) is 44.7 Å². The molecule has 0 atom stereocenters. The zero-order chi connectivity index (χ0) is 10.7. The van der Waals surface area contributed by atoms with Crippen LogP contribution in [0, 0.1) is 5.92 Å². The first-order chi connectivity index (χ1) is 7.24. The van der Waals surface area contributed by atoms with E-state index in [1.165, 1.54) is 37.9 Å². The van der Waals surface area contributed by atoms with E-state index in [9.17, 15) is 0 Å². The molecule has 1 saturated carbocycles. The molecule has 0 aliphatic heterocycles. The molecule has 1 aromatic rings. The van der Waals surface area contributed by atoms with Gasteiger partial charge < -0.3 is 4.90 Å². The Kier molecular flexibility index (Phi) is 4.23. The highest BCUT2D eigenvalue weighted by atomic mass is 79.9. The number of hydrogen-bond acceptors (Lipinski definition) is 2. The minimum Gasteiger partial charge on any atom is -0.306 e. The first-order valence-electron chi connectivity index (χ1n) is 5.57. The summed E-state index contributed by atoms with van der Waals surface area (Å²) in [5, 5.41) is 4.42. The molecule has 0 saturated heterocycles. The van der Waals surface area contributed by atoms with Crippen molar-refractivity contribution in [2.24, 2.45) is 5.92 Å². The summed E-state index contributed by atoms with van der Waals surface area (Å²) in [5.41, 5.74) is 1.49. The number of halogens is 1. The molecule has 15 heavy (non-hydrogen) atoms. The average Bonchev–Trinajstić information content (AvgIpc) is 2.65. The van der Waals surface area contributed by atoms with Crippen molar-refractivity contribution in [1.29, 1.82) is 0 Å². The number of nitrogens with zero attached hydrogens (tertiary/aromatic N) is 1. The lowest BCUT2D eigenvalue weighted by atomic mass is 9.85. The highest BCUT2D eigenvalue weighted by Gasteiger charge is 2.27. The monoisotopic (exact) mass is 287 g/mol. The number of hydrogen-bond donors (Lipinski definition) is 0. The van der Waals surface area contributed by atoms with Crippen molar-refractivity contribution in [3.63, 3.8) is 0 Å². The Bertz CT molecular complexity index is 280. The molecule has 3 heteroatoms. The minimum absolute atomic E-state index is 0.799. The normalized spacial score (nSPS) is 25.5. The maximum atomic E-state index is 3.64. The van der Waals surface area contributed by atoms with Crippen LogP contribution < -0.4 is 0 Å². The average molecular weight is 288 g/mol. The molecule has 0 radical (unpaired) electrons. The smallest absolute Gasteiger partial charge is 0.0152 e. The summed E-state index contributed by atoms with van der Waals surface area (Å²) in [6.07, 6.45) is 3.93. The van der Waals surface area contributed by atoms with Crippen LogP contribution in [0.3, 0.4) is 0 Å². The lowest BCUT2D eigenvalue weighted by Crippen LogP contribution is -2.35. The molecule has 1 fully saturated rings. The molecule has 84 valence electrons. The van der Waals surface area contributed by atoms with Crippen LogP contribution in [0.25, 0.3) is 0 Å². The van der Waals surface area contributed by atoms with E-state index in [-0.39, 0.29) is 0 Å². The molecule has 0 spiro atoms. The fraction of sp³-hybridized carbons (Fsp3) is 0.667. The van der Waals surface area contributed by atoms with Gasteiger partial charge in [0.05, 0.1) is 0 Å². The van der Waals surface area contributed by atoms with Gasteiger partial charge in [0.1, 0.15) is 0 Å². The lowest BCUT2D eigenvalue weighted by Gasteiger charge is -2.34. The SMILES string of the molecule is CN(CCc1ccsc1)CC1CC(Br)C1. The van der Waals surface area contributed by atoms with Crippen molar-refractivity contribution in [2.75, 3.05) is 20.1 Å². The van der Waals surface area contributed by atoms with E-state index in [1.807, 2.05) is 0 Å². The molecular formula is C12H18BrNS. The summed E-state index contributed by atoms with van der Waals surface area (Å²) in [7, 11) is 2.24. The molecular weight excluding hydrogens is 270 g/mol. The molecule has 1 heterocycles. The van der Waals surface area contributed by atoms with E-state index < -0.39 is 0 Å². The number of thiophene rings is 1. The van der Waals surface area contributed by atoms with Gasteiger partial charge in [0.2, 0.25) is 0 Å². The second kappa shape index (κ2) is 5.46. The van der Waals surface area contributed by atoms with E-state index in [0.717, 1.165) is 10.7 Å².